The molecular formula is C31H37N5O2S. The number of nitrogens with zero attached hydrogens (tertiary/aromatic N) is 5. The molecule has 1 atom stereocenters. The minimum absolute atomic E-state index is 0. The fourth-order valence-electron chi connectivity index (χ4n) is 5.76. The number of benzene rings is 1. The van der Waals surface area contributed by atoms with Crippen molar-refractivity contribution in [2.45, 2.75) is 51.9 Å². The molecule has 39 heavy (non-hydrogen) atoms. The molecule has 4 aromatic rings. The number of anilines is 1. The Bertz CT molecular complexity index is 1480. The maximum Gasteiger partial charge on any atom is 0.193 e. The van der Waals surface area contributed by atoms with E-state index in [0.717, 1.165) is 66.0 Å². The Hall–Kier alpha value is -3.20. The van der Waals surface area contributed by atoms with Crippen LogP contribution in [-0.2, 0) is 17.8 Å². The van der Waals surface area contributed by atoms with Gasteiger partial charge in [-0.3, -0.25) is 19.7 Å². The van der Waals surface area contributed by atoms with Crippen molar-refractivity contribution in [2.75, 3.05) is 31.2 Å². The summed E-state index contributed by atoms with van der Waals surface area (Å²) in [5.74, 6) is 0. The van der Waals surface area contributed by atoms with Crippen molar-refractivity contribution in [1.82, 2.24) is 19.4 Å². The number of hydrogen-bond donors (Lipinski definition) is 0. The Labute approximate surface area is 236 Å². The van der Waals surface area contributed by atoms with Crippen molar-refractivity contribution >= 4 is 30.1 Å². The Morgan fingerprint density at radius 3 is 2.62 bits per heavy atom. The molecule has 6 rings (SSSR count). The molecule has 0 N–H and O–H groups in total. The molecule has 0 amide bonds. The number of fused-ring (bicyclic) bond motifs is 1. The quantitative estimate of drug-likeness (QED) is 0.335. The van der Waals surface area contributed by atoms with Crippen LogP contribution in [0.15, 0.2) is 71.9 Å². The van der Waals surface area contributed by atoms with Crippen LogP contribution < -0.4 is 10.3 Å². The highest BCUT2D eigenvalue weighted by Gasteiger charge is 2.28. The zero-order chi connectivity index (χ0) is 26.1. The molecule has 0 saturated carbocycles. The van der Waals surface area contributed by atoms with E-state index in [-0.39, 0.29) is 25.0 Å². The first-order chi connectivity index (χ1) is 18.5. The number of ether oxygens (including phenoxy) is 1. The van der Waals surface area contributed by atoms with Crippen LogP contribution in [0.3, 0.4) is 0 Å². The fraction of sp³-hybridized carbons (Fsp3) is 0.387. The smallest absolute Gasteiger partial charge is 0.193 e. The number of para-hydroxylation sites is 1. The summed E-state index contributed by atoms with van der Waals surface area (Å²) in [5.41, 5.74) is 6.39. The van der Waals surface area contributed by atoms with E-state index in [1.165, 1.54) is 5.56 Å². The third-order valence-electron chi connectivity index (χ3n) is 7.92. The Balaban J connectivity index is 0.00000308. The molecule has 0 spiro atoms. The van der Waals surface area contributed by atoms with Gasteiger partial charge in [0.15, 0.2) is 5.43 Å². The highest BCUT2D eigenvalue weighted by atomic mass is 32.1. The topological polar surface area (TPSA) is 63.5 Å². The zero-order valence-electron chi connectivity index (χ0n) is 22.7. The summed E-state index contributed by atoms with van der Waals surface area (Å²) in [6, 6.07) is 17.1. The monoisotopic (exact) mass is 543 g/mol. The highest BCUT2D eigenvalue weighted by Crippen LogP contribution is 2.27. The fourth-order valence-corrected chi connectivity index (χ4v) is 5.76. The molecule has 0 bridgehead atoms. The van der Waals surface area contributed by atoms with Gasteiger partial charge in [0.05, 0.1) is 36.7 Å². The van der Waals surface area contributed by atoms with E-state index in [1.807, 2.05) is 50.5 Å². The summed E-state index contributed by atoms with van der Waals surface area (Å²) in [4.78, 5) is 27.6. The number of aryl methyl sites for hydroxylation is 2. The van der Waals surface area contributed by atoms with E-state index in [0.29, 0.717) is 25.8 Å². The lowest BCUT2D eigenvalue weighted by atomic mass is 10.0. The SMILES string of the molecule is Cc1ccc(N2CCC[C@H](N(Cc3ccnc(C)c3)Cc3cn(C4COC4)c4ccccc4c3=O)C2)cn1.S. The van der Waals surface area contributed by atoms with Crippen LogP contribution in [0.25, 0.3) is 10.9 Å². The number of hydrogen-bond acceptors (Lipinski definition) is 6. The van der Waals surface area contributed by atoms with E-state index in [1.54, 1.807) is 0 Å². The molecule has 1 aromatic carbocycles. The van der Waals surface area contributed by atoms with Crippen molar-refractivity contribution in [1.29, 1.82) is 0 Å². The molecule has 5 heterocycles. The maximum absolute atomic E-state index is 13.8. The second-order valence-electron chi connectivity index (χ2n) is 10.7. The zero-order valence-corrected chi connectivity index (χ0v) is 23.7. The second kappa shape index (κ2) is 11.9. The molecular weight excluding hydrogens is 506 g/mol. The third-order valence-corrected chi connectivity index (χ3v) is 7.92. The van der Waals surface area contributed by atoms with Crippen molar-refractivity contribution in [3.05, 3.63) is 99.9 Å². The number of piperidine rings is 1. The summed E-state index contributed by atoms with van der Waals surface area (Å²) in [5, 5.41) is 0.785. The number of pyridine rings is 3. The third kappa shape index (κ3) is 5.88. The van der Waals surface area contributed by atoms with Crippen molar-refractivity contribution < 1.29 is 4.74 Å². The van der Waals surface area contributed by atoms with Crippen LogP contribution in [0.1, 0.15) is 41.4 Å². The van der Waals surface area contributed by atoms with E-state index in [9.17, 15) is 4.79 Å². The molecule has 2 fully saturated rings. The van der Waals surface area contributed by atoms with Gasteiger partial charge in [-0.2, -0.15) is 13.5 Å². The van der Waals surface area contributed by atoms with Crippen molar-refractivity contribution in [3.8, 4) is 0 Å². The molecule has 3 aromatic heterocycles. The molecule has 0 radical (unpaired) electrons. The Kier molecular flexibility index (Phi) is 8.35. The van der Waals surface area contributed by atoms with E-state index in [2.05, 4.69) is 54.8 Å². The molecule has 7 nitrogen and oxygen atoms in total. The second-order valence-corrected chi connectivity index (χ2v) is 10.7. The van der Waals surface area contributed by atoms with Gasteiger partial charge in [0.2, 0.25) is 0 Å². The lowest BCUT2D eigenvalue weighted by Gasteiger charge is -2.40. The molecule has 0 unspecified atom stereocenters. The normalized spacial score (nSPS) is 17.7. The summed E-state index contributed by atoms with van der Waals surface area (Å²) in [6.45, 7) is 8.73. The van der Waals surface area contributed by atoms with Gasteiger partial charge in [0, 0.05) is 67.0 Å². The lowest BCUT2D eigenvalue weighted by molar-refractivity contribution is -0.0217. The van der Waals surface area contributed by atoms with Crippen molar-refractivity contribution in [2.24, 2.45) is 0 Å². The molecule has 0 aliphatic carbocycles. The van der Waals surface area contributed by atoms with Crippen LogP contribution >= 0.6 is 13.5 Å². The van der Waals surface area contributed by atoms with E-state index in [4.69, 9.17) is 4.74 Å². The maximum atomic E-state index is 13.8. The minimum Gasteiger partial charge on any atom is -0.377 e. The van der Waals surface area contributed by atoms with Crippen LogP contribution in [-0.4, -0.2) is 51.8 Å². The van der Waals surface area contributed by atoms with Gasteiger partial charge in [-0.15, -0.1) is 0 Å². The Morgan fingerprint density at radius 1 is 1.03 bits per heavy atom. The molecule has 2 saturated heterocycles. The molecule has 2 aliphatic rings. The molecule has 204 valence electrons. The van der Waals surface area contributed by atoms with E-state index < -0.39 is 0 Å². The van der Waals surface area contributed by atoms with Gasteiger partial charge < -0.3 is 14.2 Å². The van der Waals surface area contributed by atoms with Gasteiger partial charge in [0.25, 0.3) is 0 Å². The molecule has 2 aliphatic heterocycles. The predicted octanol–water partition coefficient (Wildman–Crippen LogP) is 4.76. The van der Waals surface area contributed by atoms with Gasteiger partial charge >= 0.3 is 0 Å². The Morgan fingerprint density at radius 2 is 1.87 bits per heavy atom. The average molecular weight is 544 g/mol. The van der Waals surface area contributed by atoms with Crippen LogP contribution in [0.4, 0.5) is 5.69 Å². The largest absolute Gasteiger partial charge is 0.377 e. The number of rotatable bonds is 7. The average Bonchev–Trinajstić information content (AvgIpc) is 2.90. The standard InChI is InChI=1S/C31H35N5O2.H2S/c1-22-9-10-26(15-33-22)34-13-5-6-27(19-34)35(16-24-11-12-32-23(2)14-24)17-25-18-36(28-20-38-21-28)30-8-4-3-7-29(30)31(25)37;/h3-4,7-12,14-15,18,27-28H,5-6,13,16-17,19-21H2,1-2H3;1H2/t27-;/m0./s1. The van der Waals surface area contributed by atoms with Gasteiger partial charge in [0.1, 0.15) is 0 Å². The first kappa shape index (κ1) is 27.4. The van der Waals surface area contributed by atoms with Crippen LogP contribution in [0, 0.1) is 13.8 Å². The summed E-state index contributed by atoms with van der Waals surface area (Å²) in [6.07, 6.45) is 8.15. The van der Waals surface area contributed by atoms with Crippen molar-refractivity contribution in [3.63, 3.8) is 0 Å². The van der Waals surface area contributed by atoms with Gasteiger partial charge in [-0.05, 0) is 68.7 Å². The van der Waals surface area contributed by atoms with Gasteiger partial charge in [-0.25, -0.2) is 0 Å². The van der Waals surface area contributed by atoms with Crippen LogP contribution in [0.2, 0.25) is 0 Å². The first-order valence-electron chi connectivity index (χ1n) is 13.6. The first-order valence-corrected chi connectivity index (χ1v) is 13.6. The predicted molar refractivity (Wildman–Crippen MR) is 161 cm³/mol. The lowest BCUT2D eigenvalue weighted by Crippen LogP contribution is -2.48. The van der Waals surface area contributed by atoms with Crippen LogP contribution in [0.5, 0.6) is 0 Å². The summed E-state index contributed by atoms with van der Waals surface area (Å²) < 4.78 is 7.77. The number of aromatic nitrogens is 3. The van der Waals surface area contributed by atoms with Gasteiger partial charge in [-0.1, -0.05) is 12.1 Å². The summed E-state index contributed by atoms with van der Waals surface area (Å²) >= 11 is 0. The highest BCUT2D eigenvalue weighted by molar-refractivity contribution is 7.59. The minimum atomic E-state index is 0. The summed E-state index contributed by atoms with van der Waals surface area (Å²) in [7, 11) is 0. The van der Waals surface area contributed by atoms with E-state index >= 15 is 0 Å². The molecule has 8 heteroatoms.